The standard InChI is InChI=1S/C27H30F3N3O5S/c1-4-37-24(35)18-7-6-12-32(14-18)21(34)13-20-15-39-26-31-16(3)22(25(36)38-5-2)23(33(20)26)17-8-10-19(11-9-17)27(28,29)30/h8-11,15,18,23H,4-7,12-14H2,1-3H3. The predicted octanol–water partition coefficient (Wildman–Crippen LogP) is 5.04. The highest BCUT2D eigenvalue weighted by atomic mass is 32.2. The lowest BCUT2D eigenvalue weighted by atomic mass is 9.93. The number of fused-ring (bicyclic) bond motifs is 1. The van der Waals surface area contributed by atoms with Crippen LogP contribution in [0.1, 0.15) is 57.2 Å². The molecule has 39 heavy (non-hydrogen) atoms. The number of amides is 1. The van der Waals surface area contributed by atoms with Gasteiger partial charge in [-0.15, -0.1) is 0 Å². The second-order valence-electron chi connectivity index (χ2n) is 9.34. The number of benzene rings is 1. The fraction of sp³-hybridized carbons (Fsp3) is 0.481. The zero-order chi connectivity index (χ0) is 28.3. The van der Waals surface area contributed by atoms with Crippen molar-refractivity contribution >= 4 is 34.8 Å². The maximum atomic E-state index is 13.4. The van der Waals surface area contributed by atoms with Gasteiger partial charge in [0.05, 0.1) is 48.4 Å². The van der Waals surface area contributed by atoms with E-state index in [0.717, 1.165) is 12.1 Å². The van der Waals surface area contributed by atoms with Crippen molar-refractivity contribution in [1.82, 2.24) is 9.80 Å². The molecule has 3 aliphatic heterocycles. The van der Waals surface area contributed by atoms with Gasteiger partial charge < -0.3 is 19.3 Å². The van der Waals surface area contributed by atoms with Gasteiger partial charge in [0.15, 0.2) is 5.17 Å². The van der Waals surface area contributed by atoms with Crippen LogP contribution in [0.25, 0.3) is 0 Å². The molecule has 0 radical (unpaired) electrons. The Kier molecular flexibility index (Phi) is 8.73. The number of hydrogen-bond acceptors (Lipinski definition) is 8. The summed E-state index contributed by atoms with van der Waals surface area (Å²) < 4.78 is 50.2. The number of piperidine rings is 1. The second kappa shape index (κ2) is 11.8. The molecule has 0 bridgehead atoms. The molecule has 0 aliphatic carbocycles. The van der Waals surface area contributed by atoms with Crippen LogP contribution >= 0.6 is 11.8 Å². The van der Waals surface area contributed by atoms with Gasteiger partial charge in [-0.05, 0) is 56.7 Å². The highest BCUT2D eigenvalue weighted by Crippen LogP contribution is 2.45. The van der Waals surface area contributed by atoms with Crippen LogP contribution in [-0.2, 0) is 30.0 Å². The number of carbonyl (C=O) groups excluding carboxylic acids is 3. The van der Waals surface area contributed by atoms with Crippen molar-refractivity contribution in [1.29, 1.82) is 0 Å². The lowest BCUT2D eigenvalue weighted by Crippen LogP contribution is -2.44. The van der Waals surface area contributed by atoms with Gasteiger partial charge in [-0.2, -0.15) is 13.2 Å². The second-order valence-corrected chi connectivity index (χ2v) is 10.2. The van der Waals surface area contributed by atoms with Crippen LogP contribution < -0.4 is 0 Å². The Morgan fingerprint density at radius 3 is 2.44 bits per heavy atom. The van der Waals surface area contributed by atoms with E-state index in [4.69, 9.17) is 9.47 Å². The van der Waals surface area contributed by atoms with Crippen molar-refractivity contribution in [2.75, 3.05) is 26.3 Å². The van der Waals surface area contributed by atoms with Crippen LogP contribution in [0.2, 0.25) is 0 Å². The van der Waals surface area contributed by atoms with E-state index in [2.05, 4.69) is 4.99 Å². The first kappa shape index (κ1) is 28.7. The summed E-state index contributed by atoms with van der Waals surface area (Å²) in [5.41, 5.74) is 0.769. The Morgan fingerprint density at radius 2 is 1.79 bits per heavy atom. The number of allylic oxidation sites excluding steroid dienone is 1. The molecule has 12 heteroatoms. The number of hydrogen-bond donors (Lipinski definition) is 0. The first-order valence-electron chi connectivity index (χ1n) is 12.8. The van der Waals surface area contributed by atoms with Crippen molar-refractivity contribution in [2.45, 2.75) is 52.3 Å². The maximum absolute atomic E-state index is 13.4. The molecule has 3 aliphatic rings. The number of nitrogens with zero attached hydrogens (tertiary/aromatic N) is 3. The summed E-state index contributed by atoms with van der Waals surface area (Å²) >= 11 is 1.27. The number of thioether (sulfide) groups is 1. The minimum absolute atomic E-state index is 0.0339. The summed E-state index contributed by atoms with van der Waals surface area (Å²) in [6.07, 6.45) is -3.23. The minimum Gasteiger partial charge on any atom is -0.466 e. The fourth-order valence-electron chi connectivity index (χ4n) is 4.93. The normalized spacial score (nSPS) is 21.3. The zero-order valence-electron chi connectivity index (χ0n) is 21.9. The lowest BCUT2D eigenvalue weighted by Gasteiger charge is -2.37. The highest BCUT2D eigenvalue weighted by molar-refractivity contribution is 8.16. The molecule has 210 valence electrons. The van der Waals surface area contributed by atoms with E-state index in [9.17, 15) is 27.6 Å². The van der Waals surface area contributed by atoms with Gasteiger partial charge in [-0.1, -0.05) is 23.9 Å². The quantitative estimate of drug-likeness (QED) is 0.428. The highest BCUT2D eigenvalue weighted by Gasteiger charge is 2.42. The average Bonchev–Trinajstić information content (AvgIpc) is 3.29. The SMILES string of the molecule is CCOC(=O)C1=C(C)N=C2SC=C(CC(=O)N3CCCC(C(=O)OCC)C3)N2C1c1ccc(C(F)(F)F)cc1. The van der Waals surface area contributed by atoms with E-state index < -0.39 is 23.8 Å². The van der Waals surface area contributed by atoms with Crippen LogP contribution in [-0.4, -0.2) is 59.1 Å². The molecule has 1 saturated heterocycles. The first-order valence-corrected chi connectivity index (χ1v) is 13.7. The number of ether oxygens (including phenoxy) is 2. The number of alkyl halides is 3. The smallest absolute Gasteiger partial charge is 0.416 e. The van der Waals surface area contributed by atoms with E-state index in [1.54, 1.807) is 36.0 Å². The summed E-state index contributed by atoms with van der Waals surface area (Å²) in [6, 6.07) is 3.78. The van der Waals surface area contributed by atoms with Gasteiger partial charge in [0.25, 0.3) is 0 Å². The largest absolute Gasteiger partial charge is 0.466 e. The number of likely N-dealkylation sites (tertiary alicyclic amines) is 1. The predicted molar refractivity (Wildman–Crippen MR) is 139 cm³/mol. The summed E-state index contributed by atoms with van der Waals surface area (Å²) in [6.45, 7) is 6.19. The molecule has 2 unspecified atom stereocenters. The van der Waals surface area contributed by atoms with E-state index in [1.165, 1.54) is 23.9 Å². The first-order chi connectivity index (χ1) is 18.5. The monoisotopic (exact) mass is 565 g/mol. The topological polar surface area (TPSA) is 88.5 Å². The van der Waals surface area contributed by atoms with Crippen molar-refractivity contribution in [3.63, 3.8) is 0 Å². The third-order valence-corrected chi connectivity index (χ3v) is 7.66. The number of carbonyl (C=O) groups is 3. The van der Waals surface area contributed by atoms with Crippen LogP contribution in [0.15, 0.2) is 51.6 Å². The molecule has 0 saturated carbocycles. The number of rotatable bonds is 7. The Bertz CT molecular complexity index is 1230. The Labute approximate surface area is 228 Å². The molecule has 0 aromatic heterocycles. The molecule has 1 aromatic carbocycles. The molecule has 8 nitrogen and oxygen atoms in total. The van der Waals surface area contributed by atoms with E-state index in [0.29, 0.717) is 41.5 Å². The van der Waals surface area contributed by atoms with Gasteiger partial charge in [-0.25, -0.2) is 9.79 Å². The zero-order valence-corrected chi connectivity index (χ0v) is 22.7. The van der Waals surface area contributed by atoms with Crippen molar-refractivity contribution in [3.8, 4) is 0 Å². The molecular weight excluding hydrogens is 535 g/mol. The number of halogens is 3. The summed E-state index contributed by atoms with van der Waals surface area (Å²) in [4.78, 5) is 46.6. The molecule has 1 aromatic rings. The van der Waals surface area contributed by atoms with Gasteiger partial charge in [0.1, 0.15) is 0 Å². The summed E-state index contributed by atoms with van der Waals surface area (Å²) in [7, 11) is 0. The lowest BCUT2D eigenvalue weighted by molar-refractivity contribution is -0.151. The van der Waals surface area contributed by atoms with Gasteiger partial charge in [0, 0.05) is 18.8 Å². The average molecular weight is 566 g/mol. The molecule has 2 atom stereocenters. The third-order valence-electron chi connectivity index (χ3n) is 6.78. The Hall–Kier alpha value is -3.28. The van der Waals surface area contributed by atoms with E-state index in [-0.39, 0.29) is 49.5 Å². The maximum Gasteiger partial charge on any atom is 0.416 e. The summed E-state index contributed by atoms with van der Waals surface area (Å²) in [5.74, 6) is -1.54. The minimum atomic E-state index is -4.51. The summed E-state index contributed by atoms with van der Waals surface area (Å²) in [5, 5.41) is 2.28. The molecule has 4 rings (SSSR count). The molecule has 1 amide bonds. The van der Waals surface area contributed by atoms with Gasteiger partial charge >= 0.3 is 18.1 Å². The molecule has 0 N–H and O–H groups in total. The molecule has 0 spiro atoms. The number of aliphatic imine (C=N–C) groups is 1. The molecular formula is C27H30F3N3O5S. The van der Waals surface area contributed by atoms with Crippen molar-refractivity contribution < 1.29 is 37.0 Å². The third kappa shape index (κ3) is 6.15. The molecule has 3 heterocycles. The van der Waals surface area contributed by atoms with Crippen molar-refractivity contribution in [3.05, 3.63) is 57.8 Å². The van der Waals surface area contributed by atoms with Crippen LogP contribution in [0.4, 0.5) is 13.2 Å². The Morgan fingerprint density at radius 1 is 1.10 bits per heavy atom. The Balaban J connectivity index is 1.63. The van der Waals surface area contributed by atoms with E-state index >= 15 is 0 Å². The fourth-order valence-corrected chi connectivity index (χ4v) is 5.90. The van der Waals surface area contributed by atoms with Crippen LogP contribution in [0.3, 0.4) is 0 Å². The van der Waals surface area contributed by atoms with Crippen LogP contribution in [0.5, 0.6) is 0 Å². The number of amidine groups is 1. The van der Waals surface area contributed by atoms with Crippen molar-refractivity contribution in [2.24, 2.45) is 10.9 Å². The van der Waals surface area contributed by atoms with Gasteiger partial charge in [0.2, 0.25) is 5.91 Å². The van der Waals surface area contributed by atoms with E-state index in [1.807, 2.05) is 0 Å². The van der Waals surface area contributed by atoms with Crippen LogP contribution in [0, 0.1) is 5.92 Å². The molecule has 1 fully saturated rings. The number of esters is 2. The van der Waals surface area contributed by atoms with Gasteiger partial charge in [-0.3, -0.25) is 9.59 Å².